The Morgan fingerprint density at radius 3 is 2.73 bits per heavy atom. The average molecular weight is 392 g/mol. The van der Waals surface area contributed by atoms with Gasteiger partial charge < -0.3 is 4.90 Å². The van der Waals surface area contributed by atoms with Gasteiger partial charge in [-0.05, 0) is 38.1 Å². The van der Waals surface area contributed by atoms with Gasteiger partial charge in [0.05, 0.1) is 16.4 Å². The molecule has 0 aliphatic rings. The number of aryl methyl sites for hydroxylation is 2. The van der Waals surface area contributed by atoms with Gasteiger partial charge in [0.25, 0.3) is 5.91 Å². The van der Waals surface area contributed by atoms with Crippen LogP contribution in [0.15, 0.2) is 30.5 Å². The summed E-state index contributed by atoms with van der Waals surface area (Å²) >= 11 is 12.1. The maximum absolute atomic E-state index is 12.7. The number of hydrogen-bond acceptors (Lipinski definition) is 3. The van der Waals surface area contributed by atoms with Crippen LogP contribution in [0.1, 0.15) is 28.7 Å². The van der Waals surface area contributed by atoms with E-state index in [9.17, 15) is 4.79 Å². The molecule has 6 nitrogen and oxygen atoms in total. The van der Waals surface area contributed by atoms with Crippen molar-refractivity contribution in [3.8, 4) is 11.3 Å². The Labute approximate surface area is 161 Å². The molecule has 8 heteroatoms. The molecule has 0 radical (unpaired) electrons. The van der Waals surface area contributed by atoms with Crippen molar-refractivity contribution >= 4 is 29.1 Å². The maximum atomic E-state index is 12.7. The minimum absolute atomic E-state index is 0.155. The highest BCUT2D eigenvalue weighted by Crippen LogP contribution is 2.29. The van der Waals surface area contributed by atoms with Crippen LogP contribution in [0.4, 0.5) is 0 Å². The van der Waals surface area contributed by atoms with Crippen molar-refractivity contribution in [3.05, 3.63) is 57.5 Å². The number of carbonyl (C=O) groups is 1. The molecule has 1 N–H and O–H groups in total. The summed E-state index contributed by atoms with van der Waals surface area (Å²) in [7, 11) is 1.75. The molecule has 0 fully saturated rings. The number of H-pyrrole nitrogens is 1. The lowest BCUT2D eigenvalue weighted by Gasteiger charge is -2.15. The second kappa shape index (κ2) is 7.51. The van der Waals surface area contributed by atoms with Crippen LogP contribution < -0.4 is 0 Å². The molecule has 1 aromatic carbocycles. The highest BCUT2D eigenvalue weighted by Gasteiger charge is 2.18. The maximum Gasteiger partial charge on any atom is 0.271 e. The topological polar surface area (TPSA) is 66.8 Å². The van der Waals surface area contributed by atoms with Gasteiger partial charge in [-0.25, -0.2) is 0 Å². The number of aromatic nitrogens is 4. The zero-order chi connectivity index (χ0) is 18.8. The number of rotatable bonds is 5. The van der Waals surface area contributed by atoms with E-state index in [4.69, 9.17) is 23.2 Å². The molecule has 0 aliphatic heterocycles. The largest absolute Gasteiger partial charge is 0.336 e. The van der Waals surface area contributed by atoms with E-state index in [0.29, 0.717) is 33.5 Å². The van der Waals surface area contributed by atoms with Crippen LogP contribution in [0, 0.1) is 6.92 Å². The molecule has 3 aromatic rings. The van der Waals surface area contributed by atoms with Gasteiger partial charge >= 0.3 is 0 Å². The molecule has 0 saturated carbocycles. The Morgan fingerprint density at radius 2 is 2.08 bits per heavy atom. The Kier molecular flexibility index (Phi) is 5.34. The Bertz CT molecular complexity index is 947. The van der Waals surface area contributed by atoms with E-state index >= 15 is 0 Å². The number of benzene rings is 1. The molecule has 3 rings (SSSR count). The first-order chi connectivity index (χ1) is 12.4. The summed E-state index contributed by atoms with van der Waals surface area (Å²) < 4.78 is 1.86. The lowest BCUT2D eigenvalue weighted by atomic mass is 10.1. The van der Waals surface area contributed by atoms with E-state index in [2.05, 4.69) is 15.3 Å². The highest BCUT2D eigenvalue weighted by atomic mass is 35.5. The van der Waals surface area contributed by atoms with Crippen LogP contribution in [0.25, 0.3) is 11.3 Å². The third-order valence-corrected chi connectivity index (χ3v) is 4.69. The molecular formula is C18H19Cl2N5O. The van der Waals surface area contributed by atoms with Crippen LogP contribution in [0.5, 0.6) is 0 Å². The van der Waals surface area contributed by atoms with Gasteiger partial charge in [0.2, 0.25) is 0 Å². The molecule has 0 spiro atoms. The number of carbonyl (C=O) groups excluding carboxylic acids is 1. The fourth-order valence-corrected chi connectivity index (χ4v) is 3.18. The standard InChI is InChI=1S/C18H19Cl2N5O/c1-4-25-10-12(11(2)23-25)9-24(3)18(26)17-8-16(21-22-17)14-6-5-13(19)7-15(14)20/h5-8,10H,4,9H2,1-3H3,(H,21,22). The van der Waals surface area contributed by atoms with Crippen molar-refractivity contribution in [1.82, 2.24) is 24.9 Å². The van der Waals surface area contributed by atoms with Gasteiger partial charge in [-0.15, -0.1) is 0 Å². The molecule has 0 aliphatic carbocycles. The zero-order valence-corrected chi connectivity index (χ0v) is 16.3. The van der Waals surface area contributed by atoms with Crippen molar-refractivity contribution < 1.29 is 4.79 Å². The normalized spacial score (nSPS) is 11.0. The van der Waals surface area contributed by atoms with E-state index in [1.54, 1.807) is 36.2 Å². The monoisotopic (exact) mass is 391 g/mol. The predicted octanol–water partition coefficient (Wildman–Crippen LogP) is 4.18. The average Bonchev–Trinajstić information content (AvgIpc) is 3.21. The van der Waals surface area contributed by atoms with Gasteiger partial charge in [-0.3, -0.25) is 14.6 Å². The van der Waals surface area contributed by atoms with Gasteiger partial charge in [-0.2, -0.15) is 10.2 Å². The SMILES string of the molecule is CCn1cc(CN(C)C(=O)c2cc(-c3ccc(Cl)cc3Cl)n[nH]2)c(C)n1. The van der Waals surface area contributed by atoms with Crippen molar-refractivity contribution in [2.24, 2.45) is 0 Å². The first kappa shape index (κ1) is 18.5. The molecule has 2 heterocycles. The summed E-state index contributed by atoms with van der Waals surface area (Å²) in [6.45, 7) is 5.24. The van der Waals surface area contributed by atoms with E-state index in [0.717, 1.165) is 17.8 Å². The lowest BCUT2D eigenvalue weighted by Crippen LogP contribution is -2.26. The predicted molar refractivity (Wildman–Crippen MR) is 102 cm³/mol. The van der Waals surface area contributed by atoms with E-state index in [-0.39, 0.29) is 5.91 Å². The quantitative estimate of drug-likeness (QED) is 0.708. The van der Waals surface area contributed by atoms with Crippen LogP contribution in [0.3, 0.4) is 0 Å². The van der Waals surface area contributed by atoms with Crippen LogP contribution in [-0.4, -0.2) is 37.8 Å². The number of nitrogens with one attached hydrogen (secondary N) is 1. The molecule has 2 aromatic heterocycles. The van der Waals surface area contributed by atoms with Gasteiger partial charge in [-0.1, -0.05) is 23.2 Å². The molecule has 0 bridgehead atoms. The fourth-order valence-electron chi connectivity index (χ4n) is 2.68. The van der Waals surface area contributed by atoms with Crippen molar-refractivity contribution in [2.75, 3.05) is 7.05 Å². The second-order valence-electron chi connectivity index (χ2n) is 6.05. The Hall–Kier alpha value is -2.31. The lowest BCUT2D eigenvalue weighted by molar-refractivity contribution is 0.0779. The highest BCUT2D eigenvalue weighted by molar-refractivity contribution is 6.36. The molecule has 0 unspecified atom stereocenters. The molecule has 26 heavy (non-hydrogen) atoms. The van der Waals surface area contributed by atoms with Crippen LogP contribution in [0.2, 0.25) is 10.0 Å². The van der Waals surface area contributed by atoms with Crippen molar-refractivity contribution in [3.63, 3.8) is 0 Å². The van der Waals surface area contributed by atoms with E-state index in [1.807, 2.05) is 24.7 Å². The molecule has 0 saturated heterocycles. The van der Waals surface area contributed by atoms with E-state index < -0.39 is 0 Å². The van der Waals surface area contributed by atoms with Gasteiger partial charge in [0.15, 0.2) is 0 Å². The molecular weight excluding hydrogens is 373 g/mol. The number of aromatic amines is 1. The number of hydrogen-bond donors (Lipinski definition) is 1. The number of halogens is 2. The zero-order valence-electron chi connectivity index (χ0n) is 14.8. The molecule has 136 valence electrons. The second-order valence-corrected chi connectivity index (χ2v) is 6.89. The first-order valence-corrected chi connectivity index (χ1v) is 8.94. The Balaban J connectivity index is 1.77. The molecule has 0 atom stereocenters. The minimum Gasteiger partial charge on any atom is -0.336 e. The minimum atomic E-state index is -0.155. The van der Waals surface area contributed by atoms with Crippen molar-refractivity contribution in [2.45, 2.75) is 26.9 Å². The third-order valence-electron chi connectivity index (χ3n) is 4.14. The third kappa shape index (κ3) is 3.76. The first-order valence-electron chi connectivity index (χ1n) is 8.18. The molecule has 1 amide bonds. The van der Waals surface area contributed by atoms with E-state index in [1.165, 1.54) is 0 Å². The Morgan fingerprint density at radius 1 is 1.31 bits per heavy atom. The summed E-state index contributed by atoms with van der Waals surface area (Å²) in [5.41, 5.74) is 3.65. The summed E-state index contributed by atoms with van der Waals surface area (Å²) in [5, 5.41) is 12.4. The summed E-state index contributed by atoms with van der Waals surface area (Å²) in [5.74, 6) is -0.155. The summed E-state index contributed by atoms with van der Waals surface area (Å²) in [6, 6.07) is 6.85. The summed E-state index contributed by atoms with van der Waals surface area (Å²) in [6.07, 6.45) is 1.96. The fraction of sp³-hybridized carbons (Fsp3) is 0.278. The van der Waals surface area contributed by atoms with Gasteiger partial charge in [0.1, 0.15) is 5.69 Å². The van der Waals surface area contributed by atoms with Crippen LogP contribution in [-0.2, 0) is 13.1 Å². The van der Waals surface area contributed by atoms with Crippen LogP contribution >= 0.6 is 23.2 Å². The van der Waals surface area contributed by atoms with Gasteiger partial charge in [0, 0.05) is 42.5 Å². The summed E-state index contributed by atoms with van der Waals surface area (Å²) in [4.78, 5) is 14.3. The van der Waals surface area contributed by atoms with Crippen molar-refractivity contribution in [1.29, 1.82) is 0 Å². The smallest absolute Gasteiger partial charge is 0.271 e. The number of amides is 1. The number of nitrogens with zero attached hydrogens (tertiary/aromatic N) is 4.